The minimum Gasteiger partial charge on any atom is -0.480 e. The van der Waals surface area contributed by atoms with Gasteiger partial charge in [-0.15, -0.1) is 5.53 Å². The van der Waals surface area contributed by atoms with E-state index in [1.807, 2.05) is 0 Å². The van der Waals surface area contributed by atoms with E-state index in [4.69, 9.17) is 39.9 Å². The number of nitrogens with zero attached hydrogens (tertiary/aromatic N) is 5. The number of aliphatic carboxylic acids is 1. The highest BCUT2D eigenvalue weighted by molar-refractivity contribution is 5.95. The third-order valence-corrected chi connectivity index (χ3v) is 6.98. The number of carboxylic acid groups (broad SMARTS) is 1. The maximum atomic E-state index is 13.5. The molecule has 22 nitrogen and oxygen atoms in total. The van der Waals surface area contributed by atoms with Gasteiger partial charge in [0.15, 0.2) is 11.9 Å². The van der Waals surface area contributed by atoms with E-state index in [9.17, 15) is 29.1 Å². The van der Waals surface area contributed by atoms with Crippen LogP contribution < -0.4 is 61.1 Å². The molecule has 0 spiro atoms. The van der Waals surface area contributed by atoms with E-state index >= 15 is 0 Å². The molecule has 0 unspecified atom stereocenters. The Labute approximate surface area is 285 Å². The van der Waals surface area contributed by atoms with Gasteiger partial charge in [0.1, 0.15) is 24.2 Å². The van der Waals surface area contributed by atoms with Gasteiger partial charge in [-0.1, -0.05) is 0 Å². The Kier molecular flexibility index (Phi) is 23.3. The van der Waals surface area contributed by atoms with E-state index in [2.05, 4.69) is 46.8 Å². The van der Waals surface area contributed by atoms with Crippen LogP contribution in [0.15, 0.2) is 15.2 Å². The molecule has 0 aromatic rings. The van der Waals surface area contributed by atoms with Crippen LogP contribution in [0.1, 0.15) is 71.1 Å². The zero-order chi connectivity index (χ0) is 37.2. The van der Waals surface area contributed by atoms with Crippen LogP contribution in [0, 0.1) is 0 Å². The molecule has 0 aliphatic carbocycles. The maximum Gasteiger partial charge on any atom is 0.326 e. The number of guanidine groups is 2. The highest BCUT2D eigenvalue weighted by Crippen LogP contribution is 2.08. The molecule has 18 N–H and O–H groups in total. The van der Waals surface area contributed by atoms with E-state index in [1.54, 1.807) is 0 Å². The van der Waals surface area contributed by atoms with E-state index in [1.165, 1.54) is 6.92 Å². The molecule has 0 aromatic heterocycles. The van der Waals surface area contributed by atoms with E-state index < -0.39 is 59.8 Å². The highest BCUT2D eigenvalue weighted by Gasteiger charge is 2.30. The Morgan fingerprint density at radius 1 is 0.694 bits per heavy atom. The van der Waals surface area contributed by atoms with Gasteiger partial charge in [-0.25, -0.2) is 4.79 Å². The second-order valence-electron chi connectivity index (χ2n) is 11.1. The topological polar surface area (TPSA) is 395 Å². The molecule has 4 amide bonds. The summed E-state index contributed by atoms with van der Waals surface area (Å²) in [4.78, 5) is 74.5. The Balaban J connectivity index is 5.69. The van der Waals surface area contributed by atoms with Crippen molar-refractivity contribution in [1.29, 1.82) is 0 Å². The van der Waals surface area contributed by atoms with Crippen molar-refractivity contribution in [3.63, 3.8) is 0 Å². The zero-order valence-corrected chi connectivity index (χ0v) is 28.0. The lowest BCUT2D eigenvalue weighted by Gasteiger charge is -2.26. The van der Waals surface area contributed by atoms with E-state index in [0.29, 0.717) is 38.6 Å². The first-order valence-corrected chi connectivity index (χ1v) is 16.0. The van der Waals surface area contributed by atoms with Crippen molar-refractivity contribution in [2.24, 2.45) is 49.6 Å². The SMILES string of the molecule is C[C@H](NC(=O)[C@@H](N)CCCN=C(N)N)C(=O)N[C@@H](CCCCN)C(=O)N[C@@H](CCCCNN=[N+]=[N-])C(=O)N[C@@H](CCCN=C(N)N)C(=O)O. The van der Waals surface area contributed by atoms with Crippen molar-refractivity contribution >= 4 is 41.5 Å². The van der Waals surface area contributed by atoms with Gasteiger partial charge < -0.3 is 60.8 Å². The molecule has 0 heterocycles. The van der Waals surface area contributed by atoms with Gasteiger partial charge in [-0.05, 0) is 82.9 Å². The normalized spacial score (nSPS) is 13.5. The summed E-state index contributed by atoms with van der Waals surface area (Å²) in [6, 6.07) is -5.61. The molecule has 22 heteroatoms. The molecule has 0 aliphatic rings. The molecule has 0 saturated heterocycles. The molecule has 5 atom stereocenters. The molecule has 0 fully saturated rings. The van der Waals surface area contributed by atoms with Crippen LogP contribution in [0.3, 0.4) is 0 Å². The van der Waals surface area contributed by atoms with Crippen LogP contribution in [-0.2, 0) is 24.0 Å². The third kappa shape index (κ3) is 21.4. The van der Waals surface area contributed by atoms with Gasteiger partial charge in [0.25, 0.3) is 0 Å². The predicted molar refractivity (Wildman–Crippen MR) is 183 cm³/mol. The van der Waals surface area contributed by atoms with E-state index in [-0.39, 0.29) is 63.7 Å². The first-order chi connectivity index (χ1) is 23.2. The summed E-state index contributed by atoms with van der Waals surface area (Å²) in [5.41, 5.74) is 43.6. The van der Waals surface area contributed by atoms with Crippen LogP contribution in [0.2, 0.25) is 0 Å². The van der Waals surface area contributed by atoms with Crippen molar-refractivity contribution in [2.45, 2.75) is 101 Å². The van der Waals surface area contributed by atoms with E-state index in [0.717, 1.165) is 0 Å². The van der Waals surface area contributed by atoms with Crippen molar-refractivity contribution in [2.75, 3.05) is 26.2 Å². The van der Waals surface area contributed by atoms with Gasteiger partial charge in [-0.2, -0.15) is 4.91 Å². The Bertz CT molecular complexity index is 1150. The standard InChI is InChI=1S/C27H54N16O6/c1-16(38-22(45)17(29)8-6-13-35-26(30)31)21(44)39-18(9-2-4-12-28)23(46)40-19(10-3-5-15-37-43-42-34)24(47)41-20(25(48)49)11-7-14-36-27(32)33/h16-20,37H,2-15,28-29H2,1H3,(H,38,45)(H,39,44)(H,40,46)(H,41,47)(H,48,49)(H4,30,31,35)(H4,32,33,36)/t16-,17-,18-,19-,20-/m0/s1. The van der Waals surface area contributed by atoms with Crippen molar-refractivity contribution < 1.29 is 29.1 Å². The molecule has 0 aliphatic heterocycles. The minimum atomic E-state index is -1.30. The number of amides is 4. The second-order valence-corrected chi connectivity index (χ2v) is 11.1. The molecule has 0 aromatic carbocycles. The fraction of sp³-hybridized carbons (Fsp3) is 0.741. The van der Waals surface area contributed by atoms with Crippen molar-refractivity contribution in [3.8, 4) is 0 Å². The summed E-state index contributed by atoms with van der Waals surface area (Å²) >= 11 is 0. The van der Waals surface area contributed by atoms with Crippen LogP contribution in [0.4, 0.5) is 0 Å². The molecule has 49 heavy (non-hydrogen) atoms. The number of nitrogens with one attached hydrogen (secondary N) is 5. The fourth-order valence-corrected chi connectivity index (χ4v) is 4.30. The largest absolute Gasteiger partial charge is 0.480 e. The average molecular weight is 699 g/mol. The lowest BCUT2D eigenvalue weighted by Crippen LogP contribution is -2.58. The number of aliphatic imine (C=N–C) groups is 2. The monoisotopic (exact) mass is 698 g/mol. The van der Waals surface area contributed by atoms with Crippen molar-refractivity contribution in [3.05, 3.63) is 10.4 Å². The Morgan fingerprint density at radius 3 is 1.69 bits per heavy atom. The zero-order valence-electron chi connectivity index (χ0n) is 28.0. The predicted octanol–water partition coefficient (Wildman–Crippen LogP) is -3.42. The van der Waals surface area contributed by atoms with Gasteiger partial charge in [-0.3, -0.25) is 34.6 Å². The molecule has 0 rings (SSSR count). The highest BCUT2D eigenvalue weighted by atomic mass is 16.4. The fourth-order valence-electron chi connectivity index (χ4n) is 4.30. The van der Waals surface area contributed by atoms with Gasteiger partial charge in [0, 0.05) is 13.1 Å². The molecular weight excluding hydrogens is 644 g/mol. The smallest absolute Gasteiger partial charge is 0.326 e. The van der Waals surface area contributed by atoms with Crippen LogP contribution in [0.5, 0.6) is 0 Å². The summed E-state index contributed by atoms with van der Waals surface area (Å²) in [6.45, 7) is 2.48. The molecule has 0 radical (unpaired) electrons. The number of hydrogen-bond acceptors (Lipinski definition) is 10. The maximum absolute atomic E-state index is 13.5. The number of nitrogens with two attached hydrogens (primary N) is 6. The number of rotatable bonds is 27. The van der Waals surface area contributed by atoms with Crippen molar-refractivity contribution in [1.82, 2.24) is 26.7 Å². The number of carbonyl (C=O) groups is 5. The van der Waals surface area contributed by atoms with Gasteiger partial charge in [0.2, 0.25) is 23.6 Å². The van der Waals surface area contributed by atoms with Crippen LogP contribution >= 0.6 is 0 Å². The quantitative estimate of drug-likeness (QED) is 0.00757. The first kappa shape index (κ1) is 43.9. The number of carbonyl (C=O) groups excluding carboxylic acids is 4. The van der Waals surface area contributed by atoms with Crippen LogP contribution in [0.25, 0.3) is 10.4 Å². The minimum absolute atomic E-state index is 0.00983. The second kappa shape index (κ2) is 25.9. The molecule has 278 valence electrons. The summed E-state index contributed by atoms with van der Waals surface area (Å²) < 4.78 is 0. The number of unbranched alkanes of at least 4 members (excludes halogenated alkanes) is 2. The Morgan fingerprint density at radius 2 is 1.18 bits per heavy atom. The number of azide groups is 1. The van der Waals surface area contributed by atoms with Gasteiger partial charge in [0.05, 0.1) is 12.6 Å². The summed E-state index contributed by atoms with van der Waals surface area (Å²) in [5.74, 6) is -4.25. The molecule has 0 bridgehead atoms. The lowest BCUT2D eigenvalue weighted by molar-refractivity contribution is -0.142. The third-order valence-electron chi connectivity index (χ3n) is 6.98. The molecule has 0 saturated carbocycles. The first-order valence-electron chi connectivity index (χ1n) is 16.0. The summed E-state index contributed by atoms with van der Waals surface area (Å²) in [7, 11) is 0. The molecular formula is C27H54N16O6. The van der Waals surface area contributed by atoms with Crippen LogP contribution in [-0.4, -0.2) is 103 Å². The van der Waals surface area contributed by atoms with Gasteiger partial charge >= 0.3 is 5.97 Å². The lowest BCUT2D eigenvalue weighted by atomic mass is 10.0. The summed E-state index contributed by atoms with van der Waals surface area (Å²) in [5, 5.41) is 23.1. The number of hydrogen-bond donors (Lipinski definition) is 12. The Hall–Kier alpha value is -5.08. The number of carboxylic acids is 1. The summed E-state index contributed by atoms with van der Waals surface area (Å²) in [6.07, 6.45) is 3.02. The average Bonchev–Trinajstić information content (AvgIpc) is 3.04.